The maximum Gasteiger partial charge on any atom is 0.413 e. The highest BCUT2D eigenvalue weighted by Gasteiger charge is 2.20. The molecular formula is C22H22ClF2N7O3. The monoisotopic (exact) mass is 505 g/mol. The first-order valence-electron chi connectivity index (χ1n) is 10.4. The van der Waals surface area contributed by atoms with Gasteiger partial charge in [0, 0.05) is 31.5 Å². The SMILES string of the molecule is C=C(CCNC(=O)c1ccc(-c2nnn(C)c2NC(=O)O[C@H](C)c2cccnc2Cl)nc1)C(F)F. The molecule has 2 N–H and O–H groups in total. The molecule has 0 aliphatic heterocycles. The van der Waals surface area contributed by atoms with Crippen molar-refractivity contribution in [2.45, 2.75) is 25.9 Å². The molecular weight excluding hydrogens is 484 g/mol. The Labute approximate surface area is 204 Å². The number of aromatic nitrogens is 5. The number of hydrogen-bond donors (Lipinski definition) is 2. The number of aryl methyl sites for hydroxylation is 1. The van der Waals surface area contributed by atoms with Crippen LogP contribution in [0.1, 0.15) is 35.4 Å². The largest absolute Gasteiger partial charge is 0.441 e. The van der Waals surface area contributed by atoms with Gasteiger partial charge in [0.15, 0.2) is 11.5 Å². The minimum atomic E-state index is -2.63. The number of pyridine rings is 2. The normalized spacial score (nSPS) is 11.7. The summed E-state index contributed by atoms with van der Waals surface area (Å²) in [6.07, 6.45) is -1.28. The summed E-state index contributed by atoms with van der Waals surface area (Å²) in [5.41, 5.74) is 1.09. The number of hydrogen-bond acceptors (Lipinski definition) is 7. The molecule has 10 nitrogen and oxygen atoms in total. The van der Waals surface area contributed by atoms with Gasteiger partial charge >= 0.3 is 6.09 Å². The summed E-state index contributed by atoms with van der Waals surface area (Å²) < 4.78 is 31.7. The van der Waals surface area contributed by atoms with Crippen LogP contribution in [0, 0.1) is 0 Å². The number of amides is 2. The molecule has 3 heterocycles. The van der Waals surface area contributed by atoms with E-state index in [1.807, 2.05) is 0 Å². The van der Waals surface area contributed by atoms with Crippen LogP contribution in [0.15, 0.2) is 48.8 Å². The van der Waals surface area contributed by atoms with E-state index in [9.17, 15) is 18.4 Å². The Bertz CT molecular complexity index is 1220. The number of alkyl halides is 2. The predicted molar refractivity (Wildman–Crippen MR) is 124 cm³/mol. The summed E-state index contributed by atoms with van der Waals surface area (Å²) in [5, 5.41) is 13.3. The molecule has 0 aliphatic carbocycles. The average molecular weight is 506 g/mol. The van der Waals surface area contributed by atoms with Gasteiger partial charge in [0.1, 0.15) is 11.3 Å². The van der Waals surface area contributed by atoms with Crippen molar-refractivity contribution in [3.05, 3.63) is 65.1 Å². The van der Waals surface area contributed by atoms with E-state index in [1.165, 1.54) is 29.2 Å². The van der Waals surface area contributed by atoms with Crippen molar-refractivity contribution in [3.63, 3.8) is 0 Å². The van der Waals surface area contributed by atoms with Gasteiger partial charge in [-0.05, 0) is 37.1 Å². The Morgan fingerprint density at radius 1 is 1.26 bits per heavy atom. The van der Waals surface area contributed by atoms with Crippen LogP contribution in [0.3, 0.4) is 0 Å². The third kappa shape index (κ3) is 6.57. The summed E-state index contributed by atoms with van der Waals surface area (Å²) in [6.45, 7) is 4.93. The molecule has 0 aliphatic rings. The number of carbonyl (C=O) groups excluding carboxylic acids is 2. The quantitative estimate of drug-likeness (QED) is 0.330. The van der Waals surface area contributed by atoms with Gasteiger partial charge in [-0.2, -0.15) is 0 Å². The minimum Gasteiger partial charge on any atom is -0.441 e. The second-order valence-corrected chi connectivity index (χ2v) is 7.72. The van der Waals surface area contributed by atoms with Crippen LogP contribution in [0.4, 0.5) is 19.4 Å². The molecule has 3 aromatic rings. The molecule has 0 aromatic carbocycles. The van der Waals surface area contributed by atoms with Gasteiger partial charge in [-0.25, -0.2) is 23.2 Å². The minimum absolute atomic E-state index is 0.0206. The third-order valence-corrected chi connectivity index (χ3v) is 5.18. The molecule has 0 spiro atoms. The van der Waals surface area contributed by atoms with Crippen molar-refractivity contribution in [2.75, 3.05) is 11.9 Å². The van der Waals surface area contributed by atoms with E-state index in [-0.39, 0.29) is 40.8 Å². The molecule has 0 saturated heterocycles. The van der Waals surface area contributed by atoms with Gasteiger partial charge in [-0.3, -0.25) is 15.1 Å². The lowest BCUT2D eigenvalue weighted by Crippen LogP contribution is -2.25. The maximum absolute atomic E-state index is 12.5. The Balaban J connectivity index is 1.65. The van der Waals surface area contributed by atoms with Crippen molar-refractivity contribution in [2.24, 2.45) is 7.05 Å². The summed E-state index contributed by atoms with van der Waals surface area (Å²) in [4.78, 5) is 32.9. The fraction of sp³-hybridized carbons (Fsp3) is 0.273. The molecule has 35 heavy (non-hydrogen) atoms. The molecule has 3 rings (SSSR count). The zero-order valence-corrected chi connectivity index (χ0v) is 19.6. The van der Waals surface area contributed by atoms with Crippen molar-refractivity contribution in [1.82, 2.24) is 30.3 Å². The fourth-order valence-electron chi connectivity index (χ4n) is 2.94. The van der Waals surface area contributed by atoms with Crippen molar-refractivity contribution in [3.8, 4) is 11.4 Å². The van der Waals surface area contributed by atoms with Gasteiger partial charge in [0.2, 0.25) is 0 Å². The number of rotatable bonds is 9. The second-order valence-electron chi connectivity index (χ2n) is 7.36. The number of carbonyl (C=O) groups is 2. The summed E-state index contributed by atoms with van der Waals surface area (Å²) in [5.74, 6) is -0.259. The van der Waals surface area contributed by atoms with Crippen LogP contribution in [-0.2, 0) is 11.8 Å². The zero-order valence-electron chi connectivity index (χ0n) is 18.8. The van der Waals surface area contributed by atoms with Crippen LogP contribution < -0.4 is 10.6 Å². The first kappa shape index (κ1) is 25.7. The van der Waals surface area contributed by atoms with Crippen LogP contribution in [0.5, 0.6) is 0 Å². The van der Waals surface area contributed by atoms with Crippen LogP contribution in [0.25, 0.3) is 11.4 Å². The van der Waals surface area contributed by atoms with Crippen LogP contribution >= 0.6 is 11.6 Å². The molecule has 1 atom stereocenters. The first-order chi connectivity index (χ1) is 16.7. The molecule has 13 heteroatoms. The molecule has 2 amide bonds. The van der Waals surface area contributed by atoms with Gasteiger partial charge in [0.25, 0.3) is 12.3 Å². The fourth-order valence-corrected chi connectivity index (χ4v) is 3.21. The highest BCUT2D eigenvalue weighted by molar-refractivity contribution is 6.30. The van der Waals surface area contributed by atoms with Crippen LogP contribution in [0.2, 0.25) is 5.15 Å². The Morgan fingerprint density at radius 2 is 2.03 bits per heavy atom. The van der Waals surface area contributed by atoms with Gasteiger partial charge in [0.05, 0.1) is 11.3 Å². The molecule has 0 bridgehead atoms. The lowest BCUT2D eigenvalue weighted by atomic mass is 10.2. The third-order valence-electron chi connectivity index (χ3n) is 4.87. The number of anilines is 1. The van der Waals surface area contributed by atoms with Crippen molar-refractivity contribution >= 4 is 29.4 Å². The van der Waals surface area contributed by atoms with E-state index in [1.54, 1.807) is 26.1 Å². The molecule has 184 valence electrons. The van der Waals surface area contributed by atoms with E-state index in [2.05, 4.69) is 37.5 Å². The molecule has 0 radical (unpaired) electrons. The number of nitrogens with one attached hydrogen (secondary N) is 2. The zero-order chi connectivity index (χ0) is 25.5. The predicted octanol–water partition coefficient (Wildman–Crippen LogP) is 4.18. The van der Waals surface area contributed by atoms with E-state index >= 15 is 0 Å². The molecule has 0 fully saturated rings. The van der Waals surface area contributed by atoms with Crippen molar-refractivity contribution < 1.29 is 23.1 Å². The number of halogens is 3. The average Bonchev–Trinajstić information content (AvgIpc) is 3.18. The van der Waals surface area contributed by atoms with E-state index in [4.69, 9.17) is 16.3 Å². The smallest absolute Gasteiger partial charge is 0.413 e. The van der Waals surface area contributed by atoms with Crippen LogP contribution in [-0.4, -0.2) is 49.9 Å². The van der Waals surface area contributed by atoms with E-state index in [0.717, 1.165) is 0 Å². The lowest BCUT2D eigenvalue weighted by Gasteiger charge is -2.15. The maximum atomic E-state index is 12.5. The molecule has 3 aromatic heterocycles. The van der Waals surface area contributed by atoms with E-state index < -0.39 is 24.5 Å². The lowest BCUT2D eigenvalue weighted by molar-refractivity contribution is 0.0951. The number of ether oxygens (including phenoxy) is 1. The topological polar surface area (TPSA) is 124 Å². The Morgan fingerprint density at radius 3 is 2.69 bits per heavy atom. The number of nitrogens with zero attached hydrogens (tertiary/aromatic N) is 5. The highest BCUT2D eigenvalue weighted by atomic mass is 35.5. The highest BCUT2D eigenvalue weighted by Crippen LogP contribution is 2.26. The second kappa shape index (κ2) is 11.5. The standard InChI is InChI=1S/C22H22ClF2N7O3/c1-12(19(24)25)8-10-27-21(33)14-6-7-16(28-11-14)17-20(32(3)31-30-17)29-22(34)35-13(2)15-5-4-9-26-18(15)23/h4-7,9,11,13,19H,1,8,10H2,2-3H3,(H,27,33)(H,29,34)/t13-/m1/s1. The Kier molecular flexibility index (Phi) is 8.42. The molecule has 0 saturated carbocycles. The Hall–Kier alpha value is -3.93. The van der Waals surface area contributed by atoms with E-state index in [0.29, 0.717) is 11.3 Å². The summed E-state index contributed by atoms with van der Waals surface area (Å²) >= 11 is 6.05. The van der Waals surface area contributed by atoms with Gasteiger partial charge < -0.3 is 10.1 Å². The summed E-state index contributed by atoms with van der Waals surface area (Å²) in [7, 11) is 1.57. The summed E-state index contributed by atoms with van der Waals surface area (Å²) in [6, 6.07) is 6.38. The van der Waals surface area contributed by atoms with Gasteiger partial charge in [-0.1, -0.05) is 29.5 Å². The first-order valence-corrected chi connectivity index (χ1v) is 10.7. The van der Waals surface area contributed by atoms with Gasteiger partial charge in [-0.15, -0.1) is 5.10 Å². The molecule has 0 unspecified atom stereocenters. The van der Waals surface area contributed by atoms with Crippen molar-refractivity contribution in [1.29, 1.82) is 0 Å².